The van der Waals surface area contributed by atoms with Crippen molar-refractivity contribution in [1.29, 1.82) is 0 Å². The van der Waals surface area contributed by atoms with Crippen LogP contribution < -0.4 is 18.9 Å². The quantitative estimate of drug-likeness (QED) is 0.0524. The molecule has 0 fully saturated rings. The van der Waals surface area contributed by atoms with Gasteiger partial charge in [0.1, 0.15) is 5.75 Å². The van der Waals surface area contributed by atoms with Crippen LogP contribution in [0.5, 0.6) is 23.0 Å². The summed E-state index contributed by atoms with van der Waals surface area (Å²) in [6.45, 7) is 69.9. The van der Waals surface area contributed by atoms with E-state index < -0.39 is 0 Å². The molecule has 0 unspecified atom stereocenters. The number of thiol groups is 1. The number of methoxy groups -OCH3 is 4. The molecular weight excluding hydrogens is 1220 g/mol. The highest BCUT2D eigenvalue weighted by Crippen LogP contribution is 2.41. The summed E-state index contributed by atoms with van der Waals surface area (Å²) in [7, 11) is 6.55. The van der Waals surface area contributed by atoms with Crippen LogP contribution in [0.2, 0.25) is 0 Å². The minimum Gasteiger partial charge on any atom is -0.497 e. The lowest BCUT2D eigenvalue weighted by Gasteiger charge is -2.22. The van der Waals surface area contributed by atoms with Gasteiger partial charge >= 0.3 is 0 Å². The van der Waals surface area contributed by atoms with Gasteiger partial charge in [-0.1, -0.05) is 310 Å². The van der Waals surface area contributed by atoms with E-state index in [4.69, 9.17) is 29.2 Å². The Morgan fingerprint density at radius 2 is 0.880 bits per heavy atom. The first-order chi connectivity index (χ1) is 42.1. The molecule has 0 saturated carbocycles. The first-order valence-corrected chi connectivity index (χ1v) is 36.2. The van der Waals surface area contributed by atoms with Crippen molar-refractivity contribution in [1.82, 2.24) is 0 Å². The molecule has 92 heavy (non-hydrogen) atoms. The van der Waals surface area contributed by atoms with E-state index in [9.17, 15) is 0 Å². The Bertz CT molecular complexity index is 2130. The van der Waals surface area contributed by atoms with Crippen molar-refractivity contribution in [2.24, 2.45) is 45.8 Å². The molecule has 4 aromatic carbocycles. The fourth-order valence-electron chi connectivity index (χ4n) is 6.82. The maximum Gasteiger partial charge on any atom is 0.203 e. The molecule has 8 heteroatoms. The molecule has 0 bridgehead atoms. The monoisotopic (exact) mass is 1370 g/mol. The molecule has 4 rings (SSSR count). The molecule has 2 N–H and O–H groups in total. The fraction of sp³-hybridized carbons (Fsp3) is 0.690. The number of ether oxygens (including phenoxy) is 4. The van der Waals surface area contributed by atoms with Crippen molar-refractivity contribution < 1.29 is 29.2 Å². The SMILES string of the molecule is C=CC(C)C.CC(C)(C)C.CC(C)(C)CCCO.CC(C)(C)CCCO.CC(C)C.CC(C)CCS.CC(C)Cc1ccccc1.CC(C)c1ccc(Br)cc1.CCCCCC(C)C.COc1cc(C(C)(C)C)cc(OC)c1OC.COc1ccc(C(C)(C)C)cc1. The van der Waals surface area contributed by atoms with Crippen molar-refractivity contribution in [2.75, 3.05) is 47.4 Å². The van der Waals surface area contributed by atoms with Crippen molar-refractivity contribution in [2.45, 2.75) is 289 Å². The Balaban J connectivity index is -0.000000177. The third-order valence-corrected chi connectivity index (χ3v) is 13.0. The Kier molecular flexibility index (Phi) is 66.6. The Hall–Kier alpha value is -3.43. The number of hydrogen-bond donors (Lipinski definition) is 3. The zero-order chi connectivity index (χ0) is 73.5. The van der Waals surface area contributed by atoms with Crippen LogP contribution in [-0.4, -0.2) is 57.6 Å². The third kappa shape index (κ3) is 80.8. The molecule has 0 radical (unpaired) electrons. The average molecular weight is 1370 g/mol. The van der Waals surface area contributed by atoms with Crippen LogP contribution in [0.1, 0.15) is 294 Å². The number of unbranched alkanes of at least 4 members (excludes halogenated alkanes) is 2. The summed E-state index contributed by atoms with van der Waals surface area (Å²) in [5.41, 5.74) is 6.89. The fourth-order valence-corrected chi connectivity index (χ4v) is 7.60. The van der Waals surface area contributed by atoms with Crippen LogP contribution in [0.25, 0.3) is 0 Å². The maximum atomic E-state index is 8.43. The summed E-state index contributed by atoms with van der Waals surface area (Å²) in [5, 5.41) is 16.9. The largest absolute Gasteiger partial charge is 0.497 e. The smallest absolute Gasteiger partial charge is 0.203 e. The molecule has 0 saturated heterocycles. The van der Waals surface area contributed by atoms with E-state index in [1.807, 2.05) is 30.3 Å². The van der Waals surface area contributed by atoms with E-state index in [1.165, 1.54) is 55.2 Å². The summed E-state index contributed by atoms with van der Waals surface area (Å²) >= 11 is 7.45. The predicted octanol–water partition coefficient (Wildman–Crippen LogP) is 26.8. The zero-order valence-corrected chi connectivity index (χ0v) is 69.4. The second-order valence-electron chi connectivity index (χ2n) is 32.2. The molecule has 0 aromatic heterocycles. The molecule has 0 aliphatic carbocycles. The van der Waals surface area contributed by atoms with Crippen LogP contribution in [0, 0.1) is 45.8 Å². The molecule has 0 heterocycles. The van der Waals surface area contributed by atoms with E-state index in [2.05, 4.69) is 310 Å². The van der Waals surface area contributed by atoms with Crippen LogP contribution in [-0.2, 0) is 17.3 Å². The van der Waals surface area contributed by atoms with Crippen LogP contribution in [0.3, 0.4) is 0 Å². The summed E-state index contributed by atoms with van der Waals surface area (Å²) in [4.78, 5) is 0. The normalized spacial score (nSPS) is 10.8. The topological polar surface area (TPSA) is 77.4 Å². The highest BCUT2D eigenvalue weighted by Gasteiger charge is 2.20. The molecule has 6 nitrogen and oxygen atoms in total. The lowest BCUT2D eigenvalue weighted by Crippen LogP contribution is -2.11. The zero-order valence-electron chi connectivity index (χ0n) is 67.0. The molecule has 0 atom stereocenters. The van der Waals surface area contributed by atoms with Crippen molar-refractivity contribution in [3.8, 4) is 23.0 Å². The lowest BCUT2D eigenvalue weighted by molar-refractivity contribution is 0.251. The van der Waals surface area contributed by atoms with E-state index in [0.29, 0.717) is 58.5 Å². The van der Waals surface area contributed by atoms with Gasteiger partial charge in [0.05, 0.1) is 28.4 Å². The molecule has 0 aliphatic heterocycles. The van der Waals surface area contributed by atoms with E-state index in [1.54, 1.807) is 28.4 Å². The standard InChI is InChI=1S/C13H20O3.C11H16O.C10H14.C9H11Br.C8H18.2C7H16O.C5H12S.C5H12.C5H10.C4H10/c1-13(2,3)9-7-10(14-4)12(16-6)11(8-9)15-5;1-11(2,3)9-5-7-10(12-4)8-6-9;1-9(2)8-10-6-4-3-5-7-10;1-7(2)8-3-5-9(10)6-4-8;1-4-5-6-7-8(2)3;2*1-7(2,3)5-4-6-8;1-5(2)3-4-6;1-5(2,3)4;1-4-5(2)3;1-4(2)3/h7-8H,1-6H3;5-8H,1-4H3;3-7,9H,8H2,1-2H3;3-7H,1-2H3;8H,4-7H2,1-3H3;2*8H,4-6H2,1-3H3;5-6H,3-4H2,1-2H3;1-4H3;4-5H,1H2,2-3H3;4H,1-3H3. The highest BCUT2D eigenvalue weighted by molar-refractivity contribution is 9.10. The number of allylic oxidation sites excluding steroid dienone is 1. The van der Waals surface area contributed by atoms with Gasteiger partial charge in [-0.3, -0.25) is 0 Å². The Morgan fingerprint density at radius 3 is 1.11 bits per heavy atom. The minimum atomic E-state index is 0.0484. The predicted molar refractivity (Wildman–Crippen MR) is 424 cm³/mol. The van der Waals surface area contributed by atoms with Gasteiger partial charge in [-0.15, -0.1) is 6.58 Å². The van der Waals surface area contributed by atoms with E-state index in [-0.39, 0.29) is 10.8 Å². The number of aliphatic hydroxyl groups is 2. The van der Waals surface area contributed by atoms with Crippen molar-refractivity contribution in [3.63, 3.8) is 0 Å². The summed E-state index contributed by atoms with van der Waals surface area (Å²) < 4.78 is 22.1. The average Bonchev–Trinajstić information content (AvgIpc) is 0.839. The van der Waals surface area contributed by atoms with E-state index in [0.717, 1.165) is 70.9 Å². The molecule has 0 aliphatic rings. The number of rotatable bonds is 18. The number of halogens is 1. The molecule has 0 amide bonds. The van der Waals surface area contributed by atoms with Crippen LogP contribution in [0.4, 0.5) is 0 Å². The van der Waals surface area contributed by atoms with Crippen LogP contribution in [0.15, 0.2) is 108 Å². The van der Waals surface area contributed by atoms with Gasteiger partial charge in [0, 0.05) is 17.7 Å². The van der Waals surface area contributed by atoms with Gasteiger partial charge in [0.25, 0.3) is 0 Å². The first-order valence-electron chi connectivity index (χ1n) is 34.8. The van der Waals surface area contributed by atoms with Gasteiger partial charge < -0.3 is 29.2 Å². The minimum absolute atomic E-state index is 0.0484. The summed E-state index contributed by atoms with van der Waals surface area (Å²) in [6, 6.07) is 31.3. The van der Waals surface area contributed by atoms with Gasteiger partial charge in [-0.05, 0) is 166 Å². The van der Waals surface area contributed by atoms with Gasteiger partial charge in [0.15, 0.2) is 11.5 Å². The second kappa shape index (κ2) is 60.0. The number of aliphatic hydroxyl groups excluding tert-OH is 2. The van der Waals surface area contributed by atoms with Crippen molar-refractivity contribution in [3.05, 3.63) is 130 Å². The lowest BCUT2D eigenvalue weighted by atomic mass is 9.86. The van der Waals surface area contributed by atoms with Crippen LogP contribution >= 0.6 is 28.6 Å². The third-order valence-electron chi connectivity index (χ3n) is 12.2. The second-order valence-corrected chi connectivity index (χ2v) is 33.6. The van der Waals surface area contributed by atoms with Gasteiger partial charge in [0.2, 0.25) is 5.75 Å². The maximum absolute atomic E-state index is 8.43. The first kappa shape index (κ1) is 102. The molecule has 0 spiro atoms. The van der Waals surface area contributed by atoms with Crippen molar-refractivity contribution >= 4 is 28.6 Å². The van der Waals surface area contributed by atoms with Gasteiger partial charge in [-0.2, -0.15) is 12.6 Å². The number of benzene rings is 4. The Morgan fingerprint density at radius 1 is 0.500 bits per heavy atom. The van der Waals surface area contributed by atoms with E-state index >= 15 is 0 Å². The molecule has 4 aromatic rings. The number of hydrogen-bond acceptors (Lipinski definition) is 7. The highest BCUT2D eigenvalue weighted by atomic mass is 79.9. The molecule has 540 valence electrons. The van der Waals surface area contributed by atoms with Gasteiger partial charge in [-0.25, -0.2) is 0 Å². The summed E-state index contributed by atoms with van der Waals surface area (Å²) in [6.07, 6.45) is 14.1. The molecular formula is C84H155BrO6S. The summed E-state index contributed by atoms with van der Waals surface area (Å²) in [5.74, 6) is 8.59. The Labute approximate surface area is 589 Å².